The number of ether oxygens (including phenoxy) is 1. The molecule has 0 aliphatic heterocycles. The standard InChI is InChI=1S/C35H51FO3/c1-3-5-7-9-10-12-26-39-33-20-18-30(19-21-33)28-14-16-29(17-15-28)31-22-24-35(25-23-31,34(37)38)27-32(36)13-11-8-6-4-2/h14-21,31-32H,3-13,22-27H2,1-2H3,(H,37,38)/t31?,32-,35?/m1/s1. The van der Waals surface area contributed by atoms with Crippen molar-refractivity contribution >= 4 is 5.97 Å². The second kappa shape index (κ2) is 16.7. The zero-order chi connectivity index (χ0) is 27.9. The number of benzene rings is 2. The second-order valence-corrected chi connectivity index (χ2v) is 11.8. The SMILES string of the molecule is CCCCCCCCOc1ccc(-c2ccc(C3CCC(C[C@H](F)CCCCCC)(C(=O)O)CC3)cc2)cc1. The molecule has 0 bridgehead atoms. The molecule has 0 unspecified atom stereocenters. The van der Waals surface area contributed by atoms with Crippen LogP contribution >= 0.6 is 0 Å². The van der Waals surface area contributed by atoms with Gasteiger partial charge in [0.1, 0.15) is 11.9 Å². The number of hydrogen-bond donors (Lipinski definition) is 1. The third-order valence-corrected chi connectivity index (χ3v) is 8.72. The van der Waals surface area contributed by atoms with Crippen molar-refractivity contribution in [3.8, 4) is 16.9 Å². The first-order valence-corrected chi connectivity index (χ1v) is 15.7. The van der Waals surface area contributed by atoms with Crippen LogP contribution in [0.3, 0.4) is 0 Å². The molecule has 1 atom stereocenters. The molecule has 0 heterocycles. The monoisotopic (exact) mass is 538 g/mol. The van der Waals surface area contributed by atoms with Gasteiger partial charge in [0, 0.05) is 0 Å². The van der Waals surface area contributed by atoms with Crippen molar-refractivity contribution in [2.45, 2.75) is 129 Å². The highest BCUT2D eigenvalue weighted by Gasteiger charge is 2.43. The van der Waals surface area contributed by atoms with Crippen LogP contribution in [0.4, 0.5) is 4.39 Å². The summed E-state index contributed by atoms with van der Waals surface area (Å²) in [5.41, 5.74) is 2.68. The molecule has 0 aromatic heterocycles. The number of halogens is 1. The van der Waals surface area contributed by atoms with Gasteiger partial charge in [0.15, 0.2) is 0 Å². The summed E-state index contributed by atoms with van der Waals surface area (Å²) < 4.78 is 20.7. The fraction of sp³-hybridized carbons (Fsp3) is 0.629. The molecule has 2 aromatic carbocycles. The van der Waals surface area contributed by atoms with Crippen LogP contribution in [0, 0.1) is 5.41 Å². The largest absolute Gasteiger partial charge is 0.494 e. The van der Waals surface area contributed by atoms with Crippen molar-refractivity contribution < 1.29 is 19.0 Å². The molecule has 1 fully saturated rings. The summed E-state index contributed by atoms with van der Waals surface area (Å²) in [4.78, 5) is 12.2. The summed E-state index contributed by atoms with van der Waals surface area (Å²) in [6.07, 6.45) is 14.1. The normalized spacial score (nSPS) is 20.0. The number of alkyl halides is 1. The Morgan fingerprint density at radius 1 is 0.846 bits per heavy atom. The Labute approximate surface area is 236 Å². The molecule has 2 aromatic rings. The molecule has 1 aliphatic carbocycles. The summed E-state index contributed by atoms with van der Waals surface area (Å²) in [7, 11) is 0. The maximum absolute atomic E-state index is 14.7. The Morgan fingerprint density at radius 2 is 1.38 bits per heavy atom. The highest BCUT2D eigenvalue weighted by atomic mass is 19.1. The van der Waals surface area contributed by atoms with Crippen LogP contribution in [0.5, 0.6) is 5.75 Å². The first kappa shape index (κ1) is 31.2. The van der Waals surface area contributed by atoms with Gasteiger partial charge in [-0.05, 0) is 79.7 Å². The lowest BCUT2D eigenvalue weighted by atomic mass is 9.66. The maximum Gasteiger partial charge on any atom is 0.309 e. The van der Waals surface area contributed by atoms with E-state index in [1.165, 1.54) is 43.2 Å². The molecule has 0 amide bonds. The molecular formula is C35H51FO3. The van der Waals surface area contributed by atoms with Crippen LogP contribution < -0.4 is 4.74 Å². The molecule has 4 heteroatoms. The minimum atomic E-state index is -1.01. The average Bonchev–Trinajstić information content (AvgIpc) is 2.96. The van der Waals surface area contributed by atoms with E-state index in [0.717, 1.165) is 62.9 Å². The molecule has 1 N–H and O–H groups in total. The Bertz CT molecular complexity index is 945. The molecule has 0 saturated heterocycles. The molecule has 3 nitrogen and oxygen atoms in total. The Morgan fingerprint density at radius 3 is 1.97 bits per heavy atom. The van der Waals surface area contributed by atoms with Gasteiger partial charge in [-0.15, -0.1) is 0 Å². The number of aliphatic carboxylic acids is 1. The van der Waals surface area contributed by atoms with Gasteiger partial charge >= 0.3 is 5.97 Å². The first-order chi connectivity index (χ1) is 19.0. The number of carboxylic acid groups (broad SMARTS) is 1. The van der Waals surface area contributed by atoms with Gasteiger partial charge in [0.25, 0.3) is 0 Å². The van der Waals surface area contributed by atoms with Crippen molar-refractivity contribution in [1.82, 2.24) is 0 Å². The van der Waals surface area contributed by atoms with E-state index in [4.69, 9.17) is 4.74 Å². The van der Waals surface area contributed by atoms with Gasteiger partial charge < -0.3 is 9.84 Å². The van der Waals surface area contributed by atoms with E-state index in [1.54, 1.807) is 0 Å². The summed E-state index contributed by atoms with van der Waals surface area (Å²) in [5, 5.41) is 10.0. The zero-order valence-corrected chi connectivity index (χ0v) is 24.4. The summed E-state index contributed by atoms with van der Waals surface area (Å²) in [5.74, 6) is 0.448. The third kappa shape index (κ3) is 9.96. The van der Waals surface area contributed by atoms with Crippen molar-refractivity contribution in [2.24, 2.45) is 5.41 Å². The minimum Gasteiger partial charge on any atom is -0.494 e. The lowest BCUT2D eigenvalue weighted by Crippen LogP contribution is -2.37. The maximum atomic E-state index is 14.7. The highest BCUT2D eigenvalue weighted by Crippen LogP contribution is 2.47. The van der Waals surface area contributed by atoms with E-state index < -0.39 is 17.6 Å². The third-order valence-electron chi connectivity index (χ3n) is 8.72. The molecular weight excluding hydrogens is 487 g/mol. The summed E-state index contributed by atoms with van der Waals surface area (Å²) >= 11 is 0. The van der Waals surface area contributed by atoms with E-state index in [0.29, 0.717) is 25.2 Å². The number of carboxylic acids is 1. The van der Waals surface area contributed by atoms with E-state index in [9.17, 15) is 14.3 Å². The number of carbonyl (C=O) groups is 1. The molecule has 0 spiro atoms. The molecule has 0 radical (unpaired) electrons. The van der Waals surface area contributed by atoms with Crippen LogP contribution in [0.15, 0.2) is 48.5 Å². The summed E-state index contributed by atoms with van der Waals surface area (Å²) in [6, 6.07) is 17.0. The van der Waals surface area contributed by atoms with Gasteiger partial charge in [-0.1, -0.05) is 108 Å². The van der Waals surface area contributed by atoms with Gasteiger partial charge in [0.05, 0.1) is 12.0 Å². The van der Waals surface area contributed by atoms with E-state index in [1.807, 2.05) is 0 Å². The molecule has 216 valence electrons. The topological polar surface area (TPSA) is 46.5 Å². The number of hydrogen-bond acceptors (Lipinski definition) is 2. The highest BCUT2D eigenvalue weighted by molar-refractivity contribution is 5.75. The van der Waals surface area contributed by atoms with E-state index in [-0.39, 0.29) is 6.42 Å². The second-order valence-electron chi connectivity index (χ2n) is 11.8. The van der Waals surface area contributed by atoms with Crippen molar-refractivity contribution in [2.75, 3.05) is 6.61 Å². The van der Waals surface area contributed by atoms with Gasteiger partial charge in [-0.3, -0.25) is 4.79 Å². The van der Waals surface area contributed by atoms with Crippen molar-refractivity contribution in [3.05, 3.63) is 54.1 Å². The summed E-state index contributed by atoms with van der Waals surface area (Å²) in [6.45, 7) is 5.16. The predicted octanol–water partition coefficient (Wildman–Crippen LogP) is 10.5. The van der Waals surface area contributed by atoms with Crippen LogP contribution in [0.2, 0.25) is 0 Å². The molecule has 1 aliphatic rings. The quantitative estimate of drug-likeness (QED) is 0.192. The Balaban J connectivity index is 1.47. The predicted molar refractivity (Wildman–Crippen MR) is 160 cm³/mol. The van der Waals surface area contributed by atoms with Crippen LogP contribution in [-0.2, 0) is 4.79 Å². The van der Waals surface area contributed by atoms with E-state index in [2.05, 4.69) is 62.4 Å². The average molecular weight is 539 g/mol. The van der Waals surface area contributed by atoms with E-state index >= 15 is 0 Å². The van der Waals surface area contributed by atoms with Crippen LogP contribution in [-0.4, -0.2) is 23.9 Å². The van der Waals surface area contributed by atoms with Gasteiger partial charge in [-0.2, -0.15) is 0 Å². The minimum absolute atomic E-state index is 0.165. The first-order valence-electron chi connectivity index (χ1n) is 15.7. The Hall–Kier alpha value is -2.36. The number of unbranched alkanes of at least 4 members (excludes halogenated alkanes) is 8. The lowest BCUT2D eigenvalue weighted by molar-refractivity contribution is -0.153. The van der Waals surface area contributed by atoms with Gasteiger partial charge in [-0.25, -0.2) is 4.39 Å². The number of rotatable bonds is 18. The van der Waals surface area contributed by atoms with Crippen LogP contribution in [0.1, 0.15) is 128 Å². The lowest BCUT2D eigenvalue weighted by Gasteiger charge is -2.38. The molecule has 1 saturated carbocycles. The fourth-order valence-corrected chi connectivity index (χ4v) is 6.09. The van der Waals surface area contributed by atoms with Gasteiger partial charge in [0.2, 0.25) is 0 Å². The fourth-order valence-electron chi connectivity index (χ4n) is 6.09. The molecule has 39 heavy (non-hydrogen) atoms. The Kier molecular flexibility index (Phi) is 13.3. The molecule has 3 rings (SSSR count). The van der Waals surface area contributed by atoms with Crippen molar-refractivity contribution in [3.63, 3.8) is 0 Å². The van der Waals surface area contributed by atoms with Crippen molar-refractivity contribution in [1.29, 1.82) is 0 Å². The smallest absolute Gasteiger partial charge is 0.309 e. The van der Waals surface area contributed by atoms with Crippen LogP contribution in [0.25, 0.3) is 11.1 Å². The zero-order valence-electron chi connectivity index (χ0n) is 24.4.